The average molecular weight is 405 g/mol. The molecule has 3 aromatic rings. The fraction of sp³-hybridized carbons (Fsp3) is 0.240. The summed E-state index contributed by atoms with van der Waals surface area (Å²) >= 11 is 6.23. The molecule has 1 saturated heterocycles. The molecule has 148 valence electrons. The quantitative estimate of drug-likeness (QED) is 0.506. The van der Waals surface area contributed by atoms with Crippen molar-refractivity contribution in [2.24, 2.45) is 0 Å². The minimum absolute atomic E-state index is 0.0526. The zero-order valence-corrected chi connectivity index (χ0v) is 17.1. The van der Waals surface area contributed by atoms with Gasteiger partial charge in [0.1, 0.15) is 0 Å². The van der Waals surface area contributed by atoms with E-state index in [1.807, 2.05) is 41.3 Å². The van der Waals surface area contributed by atoms with E-state index in [0.29, 0.717) is 11.1 Å². The number of nitrogens with zero attached hydrogens (tertiary/aromatic N) is 2. The van der Waals surface area contributed by atoms with Gasteiger partial charge in [0.05, 0.1) is 0 Å². The van der Waals surface area contributed by atoms with Crippen LogP contribution in [0.3, 0.4) is 0 Å². The van der Waals surface area contributed by atoms with Crippen LogP contribution >= 0.6 is 11.6 Å². The van der Waals surface area contributed by atoms with Crippen molar-refractivity contribution in [1.82, 2.24) is 9.47 Å². The number of rotatable bonds is 5. The molecule has 2 atom stereocenters. The number of aromatic nitrogens is 1. The van der Waals surface area contributed by atoms with Crippen LogP contribution in [0.25, 0.3) is 6.08 Å². The van der Waals surface area contributed by atoms with E-state index < -0.39 is 0 Å². The monoisotopic (exact) mass is 404 g/mol. The lowest BCUT2D eigenvalue weighted by molar-refractivity contribution is -0.130. The van der Waals surface area contributed by atoms with E-state index in [1.165, 1.54) is 5.56 Å². The second kappa shape index (κ2) is 9.15. The van der Waals surface area contributed by atoms with Gasteiger partial charge in [-0.25, -0.2) is 0 Å². The molecular weight excluding hydrogens is 380 g/mol. The third-order valence-corrected chi connectivity index (χ3v) is 5.99. The summed E-state index contributed by atoms with van der Waals surface area (Å²) in [5.41, 5.74) is 2.13. The molecule has 2 heterocycles. The number of carbonyl (C=O) groups is 1. The summed E-state index contributed by atoms with van der Waals surface area (Å²) in [4.78, 5) is 15.1. The van der Waals surface area contributed by atoms with Crippen LogP contribution in [0.1, 0.15) is 30.0 Å². The summed E-state index contributed by atoms with van der Waals surface area (Å²) in [5.74, 6) is 0.0526. The Balaban J connectivity index is 1.53. The van der Waals surface area contributed by atoms with Gasteiger partial charge in [0.25, 0.3) is 0 Å². The number of benzene rings is 2. The third-order valence-electron chi connectivity index (χ3n) is 5.65. The Hall–Kier alpha value is -2.78. The molecule has 2 unspecified atom stereocenters. The standard InChI is InChI=1S/C25H25ClN2O/c26-24-11-5-4-10-21(24)12-13-25(29)28-17-14-22(27-15-6-7-16-27)19-23(28)18-20-8-2-1-3-9-20/h1-13,15-16,22-23H,14,17-19H2/b13-12+. The largest absolute Gasteiger partial charge is 0.351 e. The second-order valence-corrected chi connectivity index (χ2v) is 7.95. The first-order valence-corrected chi connectivity index (χ1v) is 10.5. The number of hydrogen-bond donors (Lipinski definition) is 0. The zero-order chi connectivity index (χ0) is 20.1. The van der Waals surface area contributed by atoms with Crippen LogP contribution in [-0.4, -0.2) is 28.0 Å². The zero-order valence-electron chi connectivity index (χ0n) is 16.3. The van der Waals surface area contributed by atoms with Crippen molar-refractivity contribution in [3.05, 3.63) is 101 Å². The Morgan fingerprint density at radius 2 is 1.72 bits per heavy atom. The summed E-state index contributed by atoms with van der Waals surface area (Å²) in [5, 5.41) is 0.656. The number of carbonyl (C=O) groups excluding carboxylic acids is 1. The maximum absolute atomic E-state index is 13.1. The topological polar surface area (TPSA) is 25.2 Å². The highest BCUT2D eigenvalue weighted by Crippen LogP contribution is 2.30. The van der Waals surface area contributed by atoms with Gasteiger partial charge in [-0.15, -0.1) is 0 Å². The Labute approximate surface area is 177 Å². The molecule has 4 heteroatoms. The first kappa shape index (κ1) is 19.5. The summed E-state index contributed by atoms with van der Waals surface area (Å²) in [6.45, 7) is 0.756. The van der Waals surface area contributed by atoms with Crippen molar-refractivity contribution >= 4 is 23.6 Å². The molecule has 1 aromatic heterocycles. The van der Waals surface area contributed by atoms with E-state index in [1.54, 1.807) is 6.08 Å². The highest BCUT2D eigenvalue weighted by atomic mass is 35.5. The molecule has 3 nitrogen and oxygen atoms in total. The normalized spacial score (nSPS) is 19.6. The fourth-order valence-electron chi connectivity index (χ4n) is 4.13. The van der Waals surface area contributed by atoms with E-state index in [-0.39, 0.29) is 11.9 Å². The van der Waals surface area contributed by atoms with Gasteiger partial charge >= 0.3 is 0 Å². The van der Waals surface area contributed by atoms with Crippen LogP contribution < -0.4 is 0 Å². The number of amides is 1. The molecule has 1 aliphatic rings. The van der Waals surface area contributed by atoms with E-state index in [9.17, 15) is 4.79 Å². The Morgan fingerprint density at radius 1 is 1.00 bits per heavy atom. The smallest absolute Gasteiger partial charge is 0.246 e. The third kappa shape index (κ3) is 4.80. The van der Waals surface area contributed by atoms with Crippen molar-refractivity contribution in [2.45, 2.75) is 31.3 Å². The fourth-order valence-corrected chi connectivity index (χ4v) is 4.33. The number of hydrogen-bond acceptors (Lipinski definition) is 1. The molecule has 4 rings (SSSR count). The van der Waals surface area contributed by atoms with Gasteiger partial charge in [-0.05, 0) is 54.7 Å². The molecule has 0 spiro atoms. The minimum atomic E-state index is 0.0526. The van der Waals surface area contributed by atoms with Crippen LogP contribution in [0, 0.1) is 0 Å². The lowest BCUT2D eigenvalue weighted by atomic mass is 9.92. The maximum atomic E-state index is 13.1. The van der Waals surface area contributed by atoms with Crippen molar-refractivity contribution in [2.75, 3.05) is 6.54 Å². The highest BCUT2D eigenvalue weighted by Gasteiger charge is 2.31. The molecule has 0 saturated carbocycles. The molecular formula is C25H25ClN2O. The Morgan fingerprint density at radius 3 is 2.48 bits per heavy atom. The van der Waals surface area contributed by atoms with Crippen LogP contribution in [-0.2, 0) is 11.2 Å². The summed E-state index contributed by atoms with van der Waals surface area (Å²) < 4.78 is 2.28. The van der Waals surface area contributed by atoms with Gasteiger partial charge in [0.15, 0.2) is 0 Å². The first-order chi connectivity index (χ1) is 14.2. The molecule has 0 radical (unpaired) electrons. The van der Waals surface area contributed by atoms with E-state index in [0.717, 1.165) is 31.4 Å². The van der Waals surface area contributed by atoms with Gasteiger partial charge < -0.3 is 9.47 Å². The lowest BCUT2D eigenvalue weighted by Gasteiger charge is -2.40. The first-order valence-electron chi connectivity index (χ1n) is 10.1. The molecule has 0 aliphatic carbocycles. The summed E-state index contributed by atoms with van der Waals surface area (Å²) in [6, 6.07) is 22.7. The Kier molecular flexibility index (Phi) is 6.16. The maximum Gasteiger partial charge on any atom is 0.246 e. The van der Waals surface area contributed by atoms with Gasteiger partial charge in [0, 0.05) is 42.1 Å². The lowest BCUT2D eigenvalue weighted by Crippen LogP contribution is -2.46. The Bertz CT molecular complexity index is 966. The van der Waals surface area contributed by atoms with Crippen molar-refractivity contribution < 1.29 is 4.79 Å². The van der Waals surface area contributed by atoms with E-state index in [2.05, 4.69) is 53.4 Å². The van der Waals surface area contributed by atoms with Crippen LogP contribution in [0.5, 0.6) is 0 Å². The van der Waals surface area contributed by atoms with Crippen molar-refractivity contribution in [3.63, 3.8) is 0 Å². The average Bonchev–Trinajstić information content (AvgIpc) is 3.29. The van der Waals surface area contributed by atoms with Crippen LogP contribution in [0.15, 0.2) is 85.2 Å². The number of likely N-dealkylation sites (tertiary alicyclic amines) is 1. The summed E-state index contributed by atoms with van der Waals surface area (Å²) in [7, 11) is 0. The molecule has 1 amide bonds. The minimum Gasteiger partial charge on any atom is -0.351 e. The van der Waals surface area contributed by atoms with E-state index >= 15 is 0 Å². The molecule has 0 bridgehead atoms. The van der Waals surface area contributed by atoms with Crippen LogP contribution in [0.2, 0.25) is 5.02 Å². The predicted molar refractivity (Wildman–Crippen MR) is 119 cm³/mol. The molecule has 29 heavy (non-hydrogen) atoms. The predicted octanol–water partition coefficient (Wildman–Crippen LogP) is 5.63. The number of halogens is 1. The molecule has 2 aromatic carbocycles. The van der Waals surface area contributed by atoms with Gasteiger partial charge in [-0.3, -0.25) is 4.79 Å². The second-order valence-electron chi connectivity index (χ2n) is 7.54. The van der Waals surface area contributed by atoms with Crippen molar-refractivity contribution in [3.8, 4) is 0 Å². The molecule has 1 fully saturated rings. The van der Waals surface area contributed by atoms with Gasteiger partial charge in [-0.2, -0.15) is 0 Å². The highest BCUT2D eigenvalue weighted by molar-refractivity contribution is 6.32. The van der Waals surface area contributed by atoms with Gasteiger partial charge in [-0.1, -0.05) is 60.1 Å². The molecule has 0 N–H and O–H groups in total. The van der Waals surface area contributed by atoms with E-state index in [4.69, 9.17) is 11.6 Å². The summed E-state index contributed by atoms with van der Waals surface area (Å²) in [6.07, 6.45) is 10.5. The number of piperidine rings is 1. The van der Waals surface area contributed by atoms with Gasteiger partial charge in [0.2, 0.25) is 5.91 Å². The molecule has 1 aliphatic heterocycles. The van der Waals surface area contributed by atoms with Crippen molar-refractivity contribution in [1.29, 1.82) is 0 Å². The SMILES string of the molecule is O=C(/C=C/c1ccccc1Cl)N1CCC(n2cccc2)CC1Cc1ccccc1. The van der Waals surface area contributed by atoms with Crippen LogP contribution in [0.4, 0.5) is 0 Å².